The van der Waals surface area contributed by atoms with E-state index >= 15 is 0 Å². The molecule has 1 aliphatic rings. The lowest BCUT2D eigenvalue weighted by Gasteiger charge is -2.32. The Labute approximate surface area is 87.3 Å². The van der Waals surface area contributed by atoms with Crippen molar-refractivity contribution in [3.63, 3.8) is 0 Å². The minimum Gasteiger partial charge on any atom is -0.393 e. The van der Waals surface area contributed by atoms with Crippen molar-refractivity contribution in [2.45, 2.75) is 31.9 Å². The second-order valence-electron chi connectivity index (χ2n) is 3.64. The summed E-state index contributed by atoms with van der Waals surface area (Å²) in [6, 6.07) is 0.315. The molecule has 0 radical (unpaired) electrons. The molecule has 1 aliphatic carbocycles. The van der Waals surface area contributed by atoms with Gasteiger partial charge in [-0.2, -0.15) is 0 Å². The summed E-state index contributed by atoms with van der Waals surface area (Å²) in [5.74, 6) is 0.766. The van der Waals surface area contributed by atoms with Gasteiger partial charge in [0.25, 0.3) is 0 Å². The first-order chi connectivity index (χ1) is 6.65. The first-order valence-electron chi connectivity index (χ1n) is 4.59. The van der Waals surface area contributed by atoms with Crippen molar-refractivity contribution in [2.24, 2.45) is 0 Å². The monoisotopic (exact) mass is 213 g/mol. The Hall–Kier alpha value is -0.870. The SMILES string of the molecule is Cc1cnc(Cl)nc1NC1CC(O)C1. The van der Waals surface area contributed by atoms with Gasteiger partial charge >= 0.3 is 0 Å². The molecule has 1 saturated carbocycles. The molecule has 1 heterocycles. The molecule has 0 bridgehead atoms. The summed E-state index contributed by atoms with van der Waals surface area (Å²) in [5, 5.41) is 12.6. The number of hydrogen-bond donors (Lipinski definition) is 2. The summed E-state index contributed by atoms with van der Waals surface area (Å²) < 4.78 is 0. The summed E-state index contributed by atoms with van der Waals surface area (Å²) in [5.41, 5.74) is 0.968. The van der Waals surface area contributed by atoms with E-state index in [4.69, 9.17) is 16.7 Å². The third-order valence-electron chi connectivity index (χ3n) is 2.40. The molecule has 1 aromatic rings. The van der Waals surface area contributed by atoms with Crippen molar-refractivity contribution in [2.75, 3.05) is 5.32 Å². The molecule has 2 rings (SSSR count). The average Bonchev–Trinajstić information content (AvgIpc) is 2.09. The Balaban J connectivity index is 2.05. The number of anilines is 1. The van der Waals surface area contributed by atoms with Crippen LogP contribution >= 0.6 is 11.6 Å². The maximum atomic E-state index is 9.12. The van der Waals surface area contributed by atoms with Gasteiger partial charge in [0.1, 0.15) is 5.82 Å². The fourth-order valence-electron chi connectivity index (χ4n) is 1.47. The van der Waals surface area contributed by atoms with E-state index in [1.807, 2.05) is 6.92 Å². The van der Waals surface area contributed by atoms with Crippen molar-refractivity contribution in [3.8, 4) is 0 Å². The van der Waals surface area contributed by atoms with Crippen molar-refractivity contribution in [1.29, 1.82) is 0 Å². The number of aromatic nitrogens is 2. The largest absolute Gasteiger partial charge is 0.393 e. The van der Waals surface area contributed by atoms with Crippen LogP contribution in [0.3, 0.4) is 0 Å². The van der Waals surface area contributed by atoms with Crippen LogP contribution in [-0.4, -0.2) is 27.2 Å². The van der Waals surface area contributed by atoms with E-state index in [1.54, 1.807) is 6.20 Å². The van der Waals surface area contributed by atoms with Gasteiger partial charge in [-0.3, -0.25) is 0 Å². The summed E-state index contributed by atoms with van der Waals surface area (Å²) in [7, 11) is 0. The molecule has 2 N–H and O–H groups in total. The maximum absolute atomic E-state index is 9.12. The first-order valence-corrected chi connectivity index (χ1v) is 4.96. The third kappa shape index (κ3) is 1.96. The molecule has 0 saturated heterocycles. The van der Waals surface area contributed by atoms with E-state index in [-0.39, 0.29) is 11.4 Å². The maximum Gasteiger partial charge on any atom is 0.224 e. The zero-order valence-corrected chi connectivity index (χ0v) is 8.62. The highest BCUT2D eigenvalue weighted by Crippen LogP contribution is 2.24. The molecule has 14 heavy (non-hydrogen) atoms. The number of aryl methyl sites for hydroxylation is 1. The number of halogens is 1. The van der Waals surface area contributed by atoms with Gasteiger partial charge in [0.15, 0.2) is 0 Å². The standard InChI is InChI=1S/C9H12ClN3O/c1-5-4-11-9(10)13-8(5)12-6-2-7(14)3-6/h4,6-7,14H,2-3H2,1H3,(H,11,12,13). The molecule has 1 fully saturated rings. The van der Waals surface area contributed by atoms with Gasteiger partial charge < -0.3 is 10.4 Å². The van der Waals surface area contributed by atoms with Gasteiger partial charge in [-0.15, -0.1) is 0 Å². The summed E-state index contributed by atoms with van der Waals surface area (Å²) in [6.07, 6.45) is 3.08. The number of aliphatic hydroxyl groups is 1. The zero-order valence-electron chi connectivity index (χ0n) is 7.87. The normalized spacial score (nSPS) is 25.6. The van der Waals surface area contributed by atoms with E-state index in [1.165, 1.54) is 0 Å². The quantitative estimate of drug-likeness (QED) is 0.729. The number of aliphatic hydroxyl groups excluding tert-OH is 1. The van der Waals surface area contributed by atoms with Crippen LogP contribution in [0.1, 0.15) is 18.4 Å². The molecule has 0 amide bonds. The van der Waals surface area contributed by atoms with Crippen LogP contribution in [0.5, 0.6) is 0 Å². The zero-order chi connectivity index (χ0) is 10.1. The second kappa shape index (κ2) is 3.71. The van der Waals surface area contributed by atoms with Gasteiger partial charge in [-0.05, 0) is 31.4 Å². The van der Waals surface area contributed by atoms with Gasteiger partial charge in [-0.1, -0.05) is 0 Å². The highest BCUT2D eigenvalue weighted by atomic mass is 35.5. The van der Waals surface area contributed by atoms with Gasteiger partial charge in [0.2, 0.25) is 5.28 Å². The Morgan fingerprint density at radius 3 is 2.93 bits per heavy atom. The molecule has 0 spiro atoms. The number of nitrogens with zero attached hydrogens (tertiary/aromatic N) is 2. The Kier molecular flexibility index (Phi) is 2.56. The third-order valence-corrected chi connectivity index (χ3v) is 2.58. The lowest BCUT2D eigenvalue weighted by atomic mass is 9.89. The summed E-state index contributed by atoms with van der Waals surface area (Å²) in [4.78, 5) is 7.95. The first kappa shape index (κ1) is 9.68. The molecule has 76 valence electrons. The molecule has 0 atom stereocenters. The molecular weight excluding hydrogens is 202 g/mol. The van der Waals surface area contributed by atoms with Crippen molar-refractivity contribution < 1.29 is 5.11 Å². The van der Waals surface area contributed by atoms with E-state index in [9.17, 15) is 0 Å². The molecule has 0 aliphatic heterocycles. The van der Waals surface area contributed by atoms with Crippen LogP contribution in [0.2, 0.25) is 5.28 Å². The van der Waals surface area contributed by atoms with Crippen LogP contribution in [0.15, 0.2) is 6.20 Å². The van der Waals surface area contributed by atoms with Crippen LogP contribution in [-0.2, 0) is 0 Å². The van der Waals surface area contributed by atoms with Gasteiger partial charge in [0, 0.05) is 17.8 Å². The Bertz CT molecular complexity index is 339. The smallest absolute Gasteiger partial charge is 0.224 e. The molecule has 1 aromatic heterocycles. The highest BCUT2D eigenvalue weighted by Gasteiger charge is 2.27. The van der Waals surface area contributed by atoms with Crippen LogP contribution in [0, 0.1) is 6.92 Å². The van der Waals surface area contributed by atoms with E-state index < -0.39 is 0 Å². The fourth-order valence-corrected chi connectivity index (χ4v) is 1.60. The summed E-state index contributed by atoms with van der Waals surface area (Å²) in [6.45, 7) is 1.92. The topological polar surface area (TPSA) is 58.0 Å². The highest BCUT2D eigenvalue weighted by molar-refractivity contribution is 6.28. The molecule has 4 nitrogen and oxygen atoms in total. The number of nitrogens with one attached hydrogen (secondary N) is 1. The van der Waals surface area contributed by atoms with Gasteiger partial charge in [-0.25, -0.2) is 9.97 Å². The second-order valence-corrected chi connectivity index (χ2v) is 3.98. The molecule has 5 heteroatoms. The minimum absolute atomic E-state index is 0.162. The predicted molar refractivity (Wildman–Crippen MR) is 54.4 cm³/mol. The predicted octanol–water partition coefficient (Wildman–Crippen LogP) is 1.37. The minimum atomic E-state index is -0.162. The lowest BCUT2D eigenvalue weighted by Crippen LogP contribution is -2.39. The van der Waals surface area contributed by atoms with E-state index in [2.05, 4.69) is 15.3 Å². The summed E-state index contributed by atoms with van der Waals surface area (Å²) >= 11 is 5.68. The van der Waals surface area contributed by atoms with Crippen molar-refractivity contribution >= 4 is 17.4 Å². The average molecular weight is 214 g/mol. The van der Waals surface area contributed by atoms with Crippen molar-refractivity contribution in [3.05, 3.63) is 17.0 Å². The molecular formula is C9H12ClN3O. The lowest BCUT2D eigenvalue weighted by molar-refractivity contribution is 0.0835. The van der Waals surface area contributed by atoms with E-state index in [0.29, 0.717) is 6.04 Å². The van der Waals surface area contributed by atoms with E-state index in [0.717, 1.165) is 24.2 Å². The Morgan fingerprint density at radius 1 is 1.57 bits per heavy atom. The number of rotatable bonds is 2. The van der Waals surface area contributed by atoms with Gasteiger partial charge in [0.05, 0.1) is 6.10 Å². The molecule has 0 aromatic carbocycles. The fraction of sp³-hybridized carbons (Fsp3) is 0.556. The Morgan fingerprint density at radius 2 is 2.29 bits per heavy atom. The van der Waals surface area contributed by atoms with Crippen molar-refractivity contribution in [1.82, 2.24) is 9.97 Å². The van der Waals surface area contributed by atoms with Crippen LogP contribution < -0.4 is 5.32 Å². The van der Waals surface area contributed by atoms with Crippen LogP contribution in [0.4, 0.5) is 5.82 Å². The van der Waals surface area contributed by atoms with Crippen LogP contribution in [0.25, 0.3) is 0 Å². The number of hydrogen-bond acceptors (Lipinski definition) is 4. The molecule has 0 unspecified atom stereocenters.